The second-order valence-electron chi connectivity index (χ2n) is 3.64. The maximum atomic E-state index is 11.5. The van der Waals surface area contributed by atoms with Crippen molar-refractivity contribution in [2.24, 2.45) is 11.7 Å². The van der Waals surface area contributed by atoms with Gasteiger partial charge in [-0.05, 0) is 13.8 Å². The Bertz CT molecular complexity index is 297. The standard InChI is InChI=1S/C10H19N3O3S/c1-6(8(11)17)9(14)13-7(2)10(15)12-4-5-16-3/h6-7H,4-5H2,1-3H3,(H2,11,17)(H,12,15)(H,13,14). The fourth-order valence-corrected chi connectivity index (χ4v) is 1.07. The van der Waals surface area contributed by atoms with Crippen molar-refractivity contribution in [1.82, 2.24) is 10.6 Å². The zero-order chi connectivity index (χ0) is 13.4. The minimum absolute atomic E-state index is 0.106. The molecule has 0 saturated heterocycles. The molecule has 0 fully saturated rings. The number of hydrogen-bond acceptors (Lipinski definition) is 4. The van der Waals surface area contributed by atoms with Crippen molar-refractivity contribution in [2.75, 3.05) is 20.3 Å². The highest BCUT2D eigenvalue weighted by Gasteiger charge is 2.20. The number of carbonyl (C=O) groups excluding carboxylic acids is 2. The molecule has 0 rings (SSSR count). The van der Waals surface area contributed by atoms with Gasteiger partial charge in [0.05, 0.1) is 17.5 Å². The van der Waals surface area contributed by atoms with Crippen LogP contribution in [0.1, 0.15) is 13.8 Å². The first-order valence-corrected chi connectivity index (χ1v) is 5.67. The minimum atomic E-state index is -0.629. The third-order valence-electron chi connectivity index (χ3n) is 2.18. The van der Waals surface area contributed by atoms with E-state index in [9.17, 15) is 9.59 Å². The van der Waals surface area contributed by atoms with Crippen molar-refractivity contribution in [3.05, 3.63) is 0 Å². The van der Waals surface area contributed by atoms with Crippen LogP contribution in [0.5, 0.6) is 0 Å². The Labute approximate surface area is 106 Å². The summed E-state index contributed by atoms with van der Waals surface area (Å²) in [5.74, 6) is -1.21. The van der Waals surface area contributed by atoms with Gasteiger partial charge in [0.25, 0.3) is 0 Å². The molecule has 0 radical (unpaired) electrons. The number of thiocarbonyl (C=S) groups is 1. The number of nitrogens with one attached hydrogen (secondary N) is 2. The molecule has 0 bridgehead atoms. The summed E-state index contributed by atoms with van der Waals surface area (Å²) >= 11 is 4.70. The molecule has 2 atom stereocenters. The van der Waals surface area contributed by atoms with E-state index in [1.54, 1.807) is 21.0 Å². The van der Waals surface area contributed by atoms with E-state index in [1.165, 1.54) is 0 Å². The molecule has 4 N–H and O–H groups in total. The Hall–Kier alpha value is -1.21. The van der Waals surface area contributed by atoms with E-state index in [1.807, 2.05) is 0 Å². The first kappa shape index (κ1) is 15.8. The molecule has 0 aromatic carbocycles. The molecule has 0 aliphatic carbocycles. The van der Waals surface area contributed by atoms with Crippen molar-refractivity contribution in [3.8, 4) is 0 Å². The third kappa shape index (κ3) is 6.18. The first-order valence-electron chi connectivity index (χ1n) is 5.26. The summed E-state index contributed by atoms with van der Waals surface area (Å²) in [6, 6.07) is -0.629. The molecule has 17 heavy (non-hydrogen) atoms. The van der Waals surface area contributed by atoms with Crippen LogP contribution in [-0.2, 0) is 14.3 Å². The number of nitrogens with two attached hydrogens (primary N) is 1. The van der Waals surface area contributed by atoms with Crippen LogP contribution in [0.25, 0.3) is 0 Å². The molecule has 0 spiro atoms. The summed E-state index contributed by atoms with van der Waals surface area (Å²) in [4.78, 5) is 23.2. The third-order valence-corrected chi connectivity index (χ3v) is 2.53. The number of methoxy groups -OCH3 is 1. The van der Waals surface area contributed by atoms with Crippen molar-refractivity contribution in [3.63, 3.8) is 0 Å². The minimum Gasteiger partial charge on any atom is -0.393 e. The lowest BCUT2D eigenvalue weighted by molar-refractivity contribution is -0.129. The molecule has 0 aromatic heterocycles. The van der Waals surface area contributed by atoms with Crippen LogP contribution < -0.4 is 16.4 Å². The SMILES string of the molecule is COCCNC(=O)C(C)NC(=O)C(C)C(N)=S. The molecule has 0 heterocycles. The maximum absolute atomic E-state index is 11.5. The number of ether oxygens (including phenoxy) is 1. The monoisotopic (exact) mass is 261 g/mol. The van der Waals surface area contributed by atoms with E-state index in [2.05, 4.69) is 10.6 Å². The highest BCUT2D eigenvalue weighted by Crippen LogP contribution is 1.96. The maximum Gasteiger partial charge on any atom is 0.242 e. The van der Waals surface area contributed by atoms with Crippen LogP contribution in [0.15, 0.2) is 0 Å². The highest BCUT2D eigenvalue weighted by atomic mass is 32.1. The Balaban J connectivity index is 4.07. The molecule has 0 saturated carbocycles. The summed E-state index contributed by atoms with van der Waals surface area (Å²) in [6.07, 6.45) is 0. The second-order valence-corrected chi connectivity index (χ2v) is 4.11. The van der Waals surface area contributed by atoms with Crippen LogP contribution in [0.2, 0.25) is 0 Å². The predicted octanol–water partition coefficient (Wildman–Crippen LogP) is -0.824. The fraction of sp³-hybridized carbons (Fsp3) is 0.700. The van der Waals surface area contributed by atoms with Crippen molar-refractivity contribution in [2.45, 2.75) is 19.9 Å². The van der Waals surface area contributed by atoms with E-state index in [4.69, 9.17) is 22.7 Å². The number of hydrogen-bond donors (Lipinski definition) is 3. The van der Waals surface area contributed by atoms with E-state index in [-0.39, 0.29) is 16.8 Å². The first-order chi connectivity index (χ1) is 7.90. The molecular formula is C10H19N3O3S. The highest BCUT2D eigenvalue weighted by molar-refractivity contribution is 7.80. The van der Waals surface area contributed by atoms with Crippen LogP contribution in [0.4, 0.5) is 0 Å². The van der Waals surface area contributed by atoms with Crippen LogP contribution in [0, 0.1) is 5.92 Å². The molecule has 0 aromatic rings. The Morgan fingerprint density at radius 2 is 1.94 bits per heavy atom. The Morgan fingerprint density at radius 1 is 1.35 bits per heavy atom. The zero-order valence-corrected chi connectivity index (χ0v) is 11.1. The summed E-state index contributed by atoms with van der Waals surface area (Å²) in [6.45, 7) is 4.01. The van der Waals surface area contributed by atoms with Gasteiger partial charge in [0.15, 0.2) is 0 Å². The number of carbonyl (C=O) groups is 2. The Morgan fingerprint density at radius 3 is 2.41 bits per heavy atom. The number of rotatable bonds is 7. The molecule has 0 aliphatic rings. The lowest BCUT2D eigenvalue weighted by Gasteiger charge is -2.16. The van der Waals surface area contributed by atoms with Crippen molar-refractivity contribution >= 4 is 29.0 Å². The summed E-state index contributed by atoms with van der Waals surface area (Å²) in [5, 5.41) is 5.14. The predicted molar refractivity (Wildman–Crippen MR) is 68.4 cm³/mol. The van der Waals surface area contributed by atoms with Crippen molar-refractivity contribution in [1.29, 1.82) is 0 Å². The van der Waals surface area contributed by atoms with Crippen LogP contribution >= 0.6 is 12.2 Å². The molecule has 2 unspecified atom stereocenters. The van der Waals surface area contributed by atoms with Gasteiger partial charge >= 0.3 is 0 Å². The average molecular weight is 261 g/mol. The van der Waals surface area contributed by atoms with Gasteiger partial charge in [-0.3, -0.25) is 9.59 Å². The molecule has 7 heteroatoms. The smallest absolute Gasteiger partial charge is 0.242 e. The normalized spacial score (nSPS) is 13.6. The molecule has 98 valence electrons. The topological polar surface area (TPSA) is 93.5 Å². The molecule has 2 amide bonds. The zero-order valence-electron chi connectivity index (χ0n) is 10.3. The second kappa shape index (κ2) is 7.97. The summed E-state index contributed by atoms with van der Waals surface area (Å²) < 4.78 is 4.79. The van der Waals surface area contributed by atoms with E-state index >= 15 is 0 Å². The fourth-order valence-electron chi connectivity index (χ4n) is 0.963. The van der Waals surface area contributed by atoms with E-state index in [0.717, 1.165) is 0 Å². The van der Waals surface area contributed by atoms with Gasteiger partial charge < -0.3 is 21.1 Å². The van der Waals surface area contributed by atoms with E-state index in [0.29, 0.717) is 13.2 Å². The van der Waals surface area contributed by atoms with Gasteiger partial charge in [0.1, 0.15) is 6.04 Å². The summed E-state index contributed by atoms with van der Waals surface area (Å²) in [7, 11) is 1.54. The lowest BCUT2D eigenvalue weighted by atomic mass is 10.1. The largest absolute Gasteiger partial charge is 0.393 e. The van der Waals surface area contributed by atoms with Gasteiger partial charge in [-0.15, -0.1) is 0 Å². The van der Waals surface area contributed by atoms with Crippen LogP contribution in [0.3, 0.4) is 0 Å². The molecular weight excluding hydrogens is 242 g/mol. The summed E-state index contributed by atoms with van der Waals surface area (Å²) in [5.41, 5.74) is 5.34. The van der Waals surface area contributed by atoms with Gasteiger partial charge in [-0.1, -0.05) is 12.2 Å². The average Bonchev–Trinajstić information content (AvgIpc) is 2.27. The van der Waals surface area contributed by atoms with Gasteiger partial charge in [0, 0.05) is 13.7 Å². The van der Waals surface area contributed by atoms with Crippen molar-refractivity contribution < 1.29 is 14.3 Å². The lowest BCUT2D eigenvalue weighted by Crippen LogP contribution is -2.48. The van der Waals surface area contributed by atoms with Gasteiger partial charge in [-0.25, -0.2) is 0 Å². The molecule has 0 aliphatic heterocycles. The quantitative estimate of drug-likeness (QED) is 0.411. The van der Waals surface area contributed by atoms with E-state index < -0.39 is 12.0 Å². The van der Waals surface area contributed by atoms with Gasteiger partial charge in [-0.2, -0.15) is 0 Å². The Kier molecular flexibility index (Phi) is 7.40. The van der Waals surface area contributed by atoms with Gasteiger partial charge in [0.2, 0.25) is 11.8 Å². The molecule has 6 nitrogen and oxygen atoms in total. The number of amides is 2. The van der Waals surface area contributed by atoms with Crippen LogP contribution in [-0.4, -0.2) is 43.1 Å².